The summed E-state index contributed by atoms with van der Waals surface area (Å²) in [6, 6.07) is 29.1. The lowest BCUT2D eigenvalue weighted by atomic mass is 9.97. The third-order valence-corrected chi connectivity index (χ3v) is 6.97. The summed E-state index contributed by atoms with van der Waals surface area (Å²) in [5, 5.41) is 0. The van der Waals surface area contributed by atoms with E-state index in [1.165, 1.54) is 11.1 Å². The van der Waals surface area contributed by atoms with Crippen LogP contribution in [0.4, 0.5) is 0 Å². The van der Waals surface area contributed by atoms with E-state index in [0.29, 0.717) is 11.4 Å². The summed E-state index contributed by atoms with van der Waals surface area (Å²) in [4.78, 5) is 2.64. The van der Waals surface area contributed by atoms with Gasteiger partial charge in [-0.2, -0.15) is 0 Å². The molecule has 1 heterocycles. The quantitative estimate of drug-likeness (QED) is 0.615. The number of nitrogens with zero attached hydrogens (tertiary/aromatic N) is 1. The molecule has 0 aromatic heterocycles. The molecule has 0 unspecified atom stereocenters. The van der Waals surface area contributed by atoms with Crippen molar-refractivity contribution in [3.8, 4) is 0 Å². The highest BCUT2D eigenvalue weighted by Gasteiger charge is 2.25. The van der Waals surface area contributed by atoms with Crippen molar-refractivity contribution in [2.45, 2.75) is 17.4 Å². The van der Waals surface area contributed by atoms with Crippen molar-refractivity contribution in [1.29, 1.82) is 0 Å². The first-order chi connectivity index (χ1) is 14.6. The van der Waals surface area contributed by atoms with E-state index in [2.05, 4.69) is 52.1 Å². The van der Waals surface area contributed by atoms with Crippen LogP contribution in [-0.2, 0) is 10.0 Å². The Morgan fingerprint density at radius 1 is 0.833 bits per heavy atom. The Morgan fingerprint density at radius 3 is 2.03 bits per heavy atom. The molecule has 4 nitrogen and oxygen atoms in total. The summed E-state index contributed by atoms with van der Waals surface area (Å²) in [5.41, 5.74) is 3.73. The van der Waals surface area contributed by atoms with Crippen LogP contribution in [0.5, 0.6) is 0 Å². The minimum Gasteiger partial charge on any atom is -0.291 e. The van der Waals surface area contributed by atoms with Crippen molar-refractivity contribution >= 4 is 15.6 Å². The highest BCUT2D eigenvalue weighted by molar-refractivity contribution is 7.89. The molecule has 0 fully saturated rings. The van der Waals surface area contributed by atoms with Crippen LogP contribution in [0.25, 0.3) is 5.57 Å². The summed E-state index contributed by atoms with van der Waals surface area (Å²) < 4.78 is 28.3. The van der Waals surface area contributed by atoms with Crippen molar-refractivity contribution in [3.05, 3.63) is 108 Å². The van der Waals surface area contributed by atoms with Gasteiger partial charge in [0.15, 0.2) is 0 Å². The molecular weight excluding hydrogens is 392 g/mol. The fraction of sp³-hybridized carbons (Fsp3) is 0.200. The molecule has 1 aliphatic rings. The van der Waals surface area contributed by atoms with Crippen LogP contribution >= 0.6 is 0 Å². The van der Waals surface area contributed by atoms with Gasteiger partial charge in [-0.05, 0) is 35.3 Å². The van der Waals surface area contributed by atoms with Gasteiger partial charge in [-0.1, -0.05) is 84.9 Å². The van der Waals surface area contributed by atoms with Crippen LogP contribution in [0.1, 0.15) is 23.6 Å². The van der Waals surface area contributed by atoms with E-state index in [9.17, 15) is 8.42 Å². The van der Waals surface area contributed by atoms with Gasteiger partial charge in [0.05, 0.1) is 4.90 Å². The van der Waals surface area contributed by atoms with Gasteiger partial charge in [0.25, 0.3) is 0 Å². The normalized spacial score (nSPS) is 16.1. The Morgan fingerprint density at radius 2 is 1.43 bits per heavy atom. The second-order valence-corrected chi connectivity index (χ2v) is 9.20. The maximum atomic E-state index is 12.7. The molecule has 0 aliphatic carbocycles. The van der Waals surface area contributed by atoms with E-state index in [4.69, 9.17) is 0 Å². The minimum atomic E-state index is -3.55. The molecular formula is C25H26N2O2S. The van der Waals surface area contributed by atoms with Gasteiger partial charge in [0.2, 0.25) is 10.0 Å². The van der Waals surface area contributed by atoms with Gasteiger partial charge in [-0.25, -0.2) is 13.1 Å². The fourth-order valence-corrected chi connectivity index (χ4v) is 4.95. The van der Waals surface area contributed by atoms with E-state index in [-0.39, 0.29) is 6.04 Å². The van der Waals surface area contributed by atoms with E-state index < -0.39 is 10.0 Å². The SMILES string of the molecule is O=S(=O)(NC[C@H](c1ccccc1)N1CC=C(c2ccccc2)CC1)c1ccccc1. The molecule has 0 spiro atoms. The molecule has 0 bridgehead atoms. The average Bonchev–Trinajstić information content (AvgIpc) is 2.81. The molecule has 0 amide bonds. The van der Waals surface area contributed by atoms with E-state index in [1.54, 1.807) is 24.3 Å². The number of hydrogen-bond acceptors (Lipinski definition) is 3. The predicted molar refractivity (Wildman–Crippen MR) is 121 cm³/mol. The first-order valence-electron chi connectivity index (χ1n) is 10.2. The van der Waals surface area contributed by atoms with Crippen LogP contribution in [0.3, 0.4) is 0 Å². The molecule has 0 saturated heterocycles. The molecule has 3 aromatic rings. The Hall–Kier alpha value is -2.73. The zero-order chi connectivity index (χ0) is 20.8. The maximum absolute atomic E-state index is 12.7. The highest BCUT2D eigenvalue weighted by atomic mass is 32.2. The molecule has 3 aromatic carbocycles. The molecule has 5 heteroatoms. The third-order valence-electron chi connectivity index (χ3n) is 5.53. The standard InChI is InChI=1S/C25H26N2O2S/c28-30(29,24-14-8-3-9-15-24)26-20-25(23-12-6-2-7-13-23)27-18-16-22(17-19-27)21-10-4-1-5-11-21/h1-16,25-26H,17-20H2/t25-/m1/s1. The van der Waals surface area contributed by atoms with Crippen molar-refractivity contribution < 1.29 is 8.42 Å². The van der Waals surface area contributed by atoms with Crippen molar-refractivity contribution in [2.75, 3.05) is 19.6 Å². The predicted octanol–water partition coefficient (Wildman–Crippen LogP) is 4.50. The van der Waals surface area contributed by atoms with Crippen LogP contribution < -0.4 is 4.72 Å². The number of hydrogen-bond donors (Lipinski definition) is 1. The van der Waals surface area contributed by atoms with Gasteiger partial charge >= 0.3 is 0 Å². The second kappa shape index (κ2) is 9.39. The lowest BCUT2D eigenvalue weighted by molar-refractivity contribution is 0.219. The van der Waals surface area contributed by atoms with Crippen molar-refractivity contribution in [1.82, 2.24) is 9.62 Å². The van der Waals surface area contributed by atoms with Gasteiger partial charge in [0.1, 0.15) is 0 Å². The summed E-state index contributed by atoms with van der Waals surface area (Å²) in [5.74, 6) is 0. The number of nitrogens with one attached hydrogen (secondary N) is 1. The summed E-state index contributed by atoms with van der Waals surface area (Å²) in [7, 11) is -3.55. The Bertz CT molecular complexity index is 1080. The fourth-order valence-electron chi connectivity index (χ4n) is 3.89. The molecule has 1 N–H and O–H groups in total. The Kier molecular flexibility index (Phi) is 6.43. The molecule has 0 radical (unpaired) electrons. The zero-order valence-corrected chi connectivity index (χ0v) is 17.6. The molecule has 4 rings (SSSR count). The lowest BCUT2D eigenvalue weighted by Crippen LogP contribution is -2.40. The molecule has 30 heavy (non-hydrogen) atoms. The molecule has 1 aliphatic heterocycles. The maximum Gasteiger partial charge on any atom is 0.240 e. The topological polar surface area (TPSA) is 49.4 Å². The minimum absolute atomic E-state index is 0.0294. The smallest absolute Gasteiger partial charge is 0.240 e. The second-order valence-electron chi connectivity index (χ2n) is 7.43. The lowest BCUT2D eigenvalue weighted by Gasteiger charge is -2.34. The monoisotopic (exact) mass is 418 g/mol. The average molecular weight is 419 g/mol. The van der Waals surface area contributed by atoms with Gasteiger partial charge in [-0.3, -0.25) is 4.90 Å². The first-order valence-corrected chi connectivity index (χ1v) is 11.7. The van der Waals surface area contributed by atoms with Gasteiger partial charge in [0, 0.05) is 25.7 Å². The molecule has 0 saturated carbocycles. The van der Waals surface area contributed by atoms with E-state index in [0.717, 1.165) is 25.1 Å². The summed E-state index contributed by atoms with van der Waals surface area (Å²) >= 11 is 0. The first kappa shape index (κ1) is 20.5. The van der Waals surface area contributed by atoms with Crippen LogP contribution in [0, 0.1) is 0 Å². The summed E-state index contributed by atoms with van der Waals surface area (Å²) in [6.45, 7) is 2.00. The van der Waals surface area contributed by atoms with Crippen LogP contribution in [-0.4, -0.2) is 33.0 Å². The van der Waals surface area contributed by atoms with Crippen molar-refractivity contribution in [3.63, 3.8) is 0 Å². The zero-order valence-electron chi connectivity index (χ0n) is 16.8. The van der Waals surface area contributed by atoms with E-state index in [1.807, 2.05) is 30.3 Å². The number of rotatable bonds is 7. The van der Waals surface area contributed by atoms with Gasteiger partial charge < -0.3 is 0 Å². The van der Waals surface area contributed by atoms with Crippen LogP contribution in [0.2, 0.25) is 0 Å². The Labute approximate surface area is 178 Å². The molecule has 1 atom stereocenters. The van der Waals surface area contributed by atoms with Crippen molar-refractivity contribution in [2.24, 2.45) is 0 Å². The van der Waals surface area contributed by atoms with Gasteiger partial charge in [-0.15, -0.1) is 0 Å². The highest BCUT2D eigenvalue weighted by Crippen LogP contribution is 2.28. The molecule has 154 valence electrons. The van der Waals surface area contributed by atoms with Crippen LogP contribution in [0.15, 0.2) is 102 Å². The number of sulfonamides is 1. The van der Waals surface area contributed by atoms with E-state index >= 15 is 0 Å². The third kappa shape index (κ3) is 4.87. The summed E-state index contributed by atoms with van der Waals surface area (Å²) in [6.07, 6.45) is 3.21. The largest absolute Gasteiger partial charge is 0.291 e. The Balaban J connectivity index is 1.52. The number of benzene rings is 3.